The first-order valence-electron chi connectivity index (χ1n) is 8.86. The maximum atomic E-state index is 12.9. The Labute approximate surface area is 151 Å². The highest BCUT2D eigenvalue weighted by Gasteiger charge is 2.25. The number of nitrogens with zero attached hydrogens (tertiary/aromatic N) is 2. The molecular weight excluding hydrogens is 338 g/mol. The fourth-order valence-electron chi connectivity index (χ4n) is 3.09. The van der Waals surface area contributed by atoms with Gasteiger partial charge in [0.2, 0.25) is 10.0 Å². The second kappa shape index (κ2) is 8.29. The number of carbonyl (C=O) groups excluding carboxylic acids is 1. The van der Waals surface area contributed by atoms with E-state index in [-0.39, 0.29) is 10.8 Å². The third-order valence-electron chi connectivity index (χ3n) is 4.37. The third-order valence-corrected chi connectivity index (χ3v) is 5.91. The molecule has 0 aromatic heterocycles. The summed E-state index contributed by atoms with van der Waals surface area (Å²) in [5.41, 5.74) is 1.27. The van der Waals surface area contributed by atoms with Gasteiger partial charge in [-0.2, -0.15) is 0 Å². The Morgan fingerprint density at radius 1 is 1.20 bits per heavy atom. The Kier molecular flexibility index (Phi) is 6.59. The number of hydrogen-bond donors (Lipinski definition) is 1. The molecule has 0 radical (unpaired) electrons. The van der Waals surface area contributed by atoms with Crippen molar-refractivity contribution in [1.82, 2.24) is 14.5 Å². The second-order valence-electron chi connectivity index (χ2n) is 6.96. The number of carbonyl (C=O) groups is 1. The van der Waals surface area contributed by atoms with Crippen LogP contribution in [0.5, 0.6) is 0 Å². The van der Waals surface area contributed by atoms with Crippen molar-refractivity contribution < 1.29 is 13.2 Å². The average molecular weight is 368 g/mol. The molecule has 7 heteroatoms. The quantitative estimate of drug-likeness (QED) is 0.831. The van der Waals surface area contributed by atoms with Crippen molar-refractivity contribution >= 4 is 15.9 Å². The van der Waals surface area contributed by atoms with Gasteiger partial charge in [-0.05, 0) is 30.5 Å². The molecule has 0 unspecified atom stereocenters. The van der Waals surface area contributed by atoms with Gasteiger partial charge in [-0.25, -0.2) is 13.1 Å². The van der Waals surface area contributed by atoms with Crippen LogP contribution < -0.4 is 4.72 Å². The van der Waals surface area contributed by atoms with Gasteiger partial charge < -0.3 is 4.90 Å². The SMILES string of the molecule is CCNS(=O)(=O)c1ccc(C)c(C(=O)N2CCN(CC(C)C)CC2)c1. The maximum Gasteiger partial charge on any atom is 0.254 e. The number of amides is 1. The van der Waals surface area contributed by atoms with Crippen LogP contribution in [0.3, 0.4) is 0 Å². The van der Waals surface area contributed by atoms with Gasteiger partial charge in [0.15, 0.2) is 0 Å². The number of piperazine rings is 1. The predicted octanol–water partition coefficient (Wildman–Crippen LogP) is 1.71. The molecule has 0 atom stereocenters. The number of rotatable bonds is 6. The molecule has 25 heavy (non-hydrogen) atoms. The average Bonchev–Trinajstić information content (AvgIpc) is 2.54. The van der Waals surface area contributed by atoms with Crippen LogP contribution in [0.4, 0.5) is 0 Å². The second-order valence-corrected chi connectivity index (χ2v) is 8.73. The summed E-state index contributed by atoms with van der Waals surface area (Å²) in [6.45, 7) is 12.4. The van der Waals surface area contributed by atoms with E-state index in [9.17, 15) is 13.2 Å². The molecule has 1 aromatic carbocycles. The molecule has 6 nitrogen and oxygen atoms in total. The lowest BCUT2D eigenvalue weighted by Gasteiger charge is -2.35. The highest BCUT2D eigenvalue weighted by Crippen LogP contribution is 2.18. The zero-order chi connectivity index (χ0) is 18.6. The molecule has 0 saturated carbocycles. The van der Waals surface area contributed by atoms with Crippen molar-refractivity contribution in [2.75, 3.05) is 39.3 Å². The molecule has 0 bridgehead atoms. The van der Waals surface area contributed by atoms with E-state index in [1.807, 2.05) is 11.8 Å². The van der Waals surface area contributed by atoms with Crippen LogP contribution in [0.2, 0.25) is 0 Å². The maximum absolute atomic E-state index is 12.9. The zero-order valence-corrected chi connectivity index (χ0v) is 16.4. The number of sulfonamides is 1. The molecule has 0 spiro atoms. The molecule has 1 heterocycles. The van der Waals surface area contributed by atoms with E-state index in [1.54, 1.807) is 19.1 Å². The number of aryl methyl sites for hydroxylation is 1. The molecular formula is C18H29N3O3S. The predicted molar refractivity (Wildman–Crippen MR) is 99.2 cm³/mol. The third kappa shape index (κ3) is 5.03. The van der Waals surface area contributed by atoms with E-state index >= 15 is 0 Å². The van der Waals surface area contributed by atoms with Gasteiger partial charge in [0.1, 0.15) is 0 Å². The van der Waals surface area contributed by atoms with Crippen molar-refractivity contribution in [2.24, 2.45) is 5.92 Å². The summed E-state index contributed by atoms with van der Waals surface area (Å²) in [5, 5.41) is 0. The zero-order valence-electron chi connectivity index (χ0n) is 15.6. The Morgan fingerprint density at radius 2 is 1.84 bits per heavy atom. The topological polar surface area (TPSA) is 69.7 Å². The van der Waals surface area contributed by atoms with Gasteiger partial charge in [-0.3, -0.25) is 9.69 Å². The Morgan fingerprint density at radius 3 is 2.40 bits per heavy atom. The Balaban J connectivity index is 2.15. The minimum absolute atomic E-state index is 0.0877. The number of benzene rings is 1. The van der Waals surface area contributed by atoms with Gasteiger partial charge in [-0.15, -0.1) is 0 Å². The van der Waals surface area contributed by atoms with Crippen LogP contribution in [0, 0.1) is 12.8 Å². The van der Waals surface area contributed by atoms with Crippen LogP contribution in [0.25, 0.3) is 0 Å². The monoisotopic (exact) mass is 367 g/mol. The van der Waals surface area contributed by atoms with E-state index in [0.717, 1.165) is 25.2 Å². The summed E-state index contributed by atoms with van der Waals surface area (Å²) in [5.74, 6) is 0.521. The summed E-state index contributed by atoms with van der Waals surface area (Å²) in [4.78, 5) is 17.2. The van der Waals surface area contributed by atoms with Crippen LogP contribution in [0.15, 0.2) is 23.1 Å². The first-order chi connectivity index (χ1) is 11.7. The summed E-state index contributed by atoms with van der Waals surface area (Å²) in [7, 11) is -3.57. The molecule has 1 N–H and O–H groups in total. The van der Waals surface area contributed by atoms with E-state index in [0.29, 0.717) is 31.1 Å². The van der Waals surface area contributed by atoms with Gasteiger partial charge in [-0.1, -0.05) is 26.8 Å². The first-order valence-corrected chi connectivity index (χ1v) is 10.3. The number of hydrogen-bond acceptors (Lipinski definition) is 4. The van der Waals surface area contributed by atoms with Crippen LogP contribution >= 0.6 is 0 Å². The summed E-state index contributed by atoms with van der Waals surface area (Å²) in [6, 6.07) is 4.74. The standard InChI is InChI=1S/C18H29N3O3S/c1-5-19-25(23,24)16-7-6-15(4)17(12-16)18(22)21-10-8-20(9-11-21)13-14(2)3/h6-7,12,14,19H,5,8-11,13H2,1-4H3. The van der Waals surface area contributed by atoms with Crippen molar-refractivity contribution in [3.63, 3.8) is 0 Å². The fraction of sp³-hybridized carbons (Fsp3) is 0.611. The Hall–Kier alpha value is -1.44. The largest absolute Gasteiger partial charge is 0.336 e. The van der Waals surface area contributed by atoms with Crippen LogP contribution in [-0.4, -0.2) is 63.4 Å². The van der Waals surface area contributed by atoms with Gasteiger partial charge >= 0.3 is 0 Å². The summed E-state index contributed by atoms with van der Waals surface area (Å²) >= 11 is 0. The summed E-state index contributed by atoms with van der Waals surface area (Å²) in [6.07, 6.45) is 0. The van der Waals surface area contributed by atoms with Crippen LogP contribution in [0.1, 0.15) is 36.7 Å². The molecule has 1 amide bonds. The molecule has 2 rings (SSSR count). The molecule has 1 aliphatic heterocycles. The van der Waals surface area contributed by atoms with Crippen LogP contribution in [-0.2, 0) is 10.0 Å². The minimum Gasteiger partial charge on any atom is -0.336 e. The smallest absolute Gasteiger partial charge is 0.254 e. The van der Waals surface area contributed by atoms with E-state index in [2.05, 4.69) is 23.5 Å². The van der Waals surface area contributed by atoms with Crippen molar-refractivity contribution in [3.8, 4) is 0 Å². The first kappa shape index (κ1) is 19.9. The van der Waals surface area contributed by atoms with Crippen molar-refractivity contribution in [2.45, 2.75) is 32.6 Å². The van der Waals surface area contributed by atoms with Crippen molar-refractivity contribution in [1.29, 1.82) is 0 Å². The molecule has 1 fully saturated rings. The Bertz CT molecular complexity index is 708. The van der Waals surface area contributed by atoms with Gasteiger partial charge in [0.25, 0.3) is 5.91 Å². The lowest BCUT2D eigenvalue weighted by molar-refractivity contribution is 0.0623. The minimum atomic E-state index is -3.57. The highest BCUT2D eigenvalue weighted by molar-refractivity contribution is 7.89. The normalized spacial score (nSPS) is 16.4. The van der Waals surface area contributed by atoms with E-state index in [1.165, 1.54) is 6.07 Å². The molecule has 1 aliphatic rings. The lowest BCUT2D eigenvalue weighted by atomic mass is 10.1. The summed E-state index contributed by atoms with van der Waals surface area (Å²) < 4.78 is 26.9. The molecule has 0 aliphatic carbocycles. The van der Waals surface area contributed by atoms with Crippen molar-refractivity contribution in [3.05, 3.63) is 29.3 Å². The highest BCUT2D eigenvalue weighted by atomic mass is 32.2. The lowest BCUT2D eigenvalue weighted by Crippen LogP contribution is -2.49. The molecule has 140 valence electrons. The number of nitrogens with one attached hydrogen (secondary N) is 1. The molecule has 1 saturated heterocycles. The van der Waals surface area contributed by atoms with E-state index in [4.69, 9.17) is 0 Å². The van der Waals surface area contributed by atoms with Gasteiger partial charge in [0, 0.05) is 44.8 Å². The fourth-order valence-corrected chi connectivity index (χ4v) is 4.16. The molecule has 1 aromatic rings. The van der Waals surface area contributed by atoms with Gasteiger partial charge in [0.05, 0.1) is 4.90 Å². The van der Waals surface area contributed by atoms with E-state index < -0.39 is 10.0 Å².